The van der Waals surface area contributed by atoms with Crippen LogP contribution in [0.5, 0.6) is 0 Å². The minimum absolute atomic E-state index is 0.0244. The van der Waals surface area contributed by atoms with Crippen LogP contribution in [0.25, 0.3) is 22.4 Å². The second-order valence-electron chi connectivity index (χ2n) is 6.08. The highest BCUT2D eigenvalue weighted by molar-refractivity contribution is 7.89. The first-order chi connectivity index (χ1) is 13.3. The van der Waals surface area contributed by atoms with Gasteiger partial charge in [-0.05, 0) is 19.1 Å². The molecule has 2 aromatic heterocycles. The number of benzene rings is 1. The summed E-state index contributed by atoms with van der Waals surface area (Å²) in [5, 5.41) is 9.34. The summed E-state index contributed by atoms with van der Waals surface area (Å²) >= 11 is 0. The number of hydrogen-bond acceptors (Lipinski definition) is 7. The van der Waals surface area contributed by atoms with Crippen molar-refractivity contribution in [2.24, 2.45) is 0 Å². The molecule has 4 N–H and O–H groups in total. The summed E-state index contributed by atoms with van der Waals surface area (Å²) in [5.74, 6) is -0.598. The highest BCUT2D eigenvalue weighted by Crippen LogP contribution is 2.29. The molecule has 1 atom stereocenters. The van der Waals surface area contributed by atoms with E-state index in [4.69, 9.17) is 5.73 Å². The Morgan fingerprint density at radius 1 is 1.14 bits per heavy atom. The van der Waals surface area contributed by atoms with Crippen molar-refractivity contribution in [3.05, 3.63) is 54.7 Å². The number of pyridine rings is 1. The number of aromatic nitrogens is 3. The molecule has 0 fully saturated rings. The molecule has 0 spiro atoms. The molecule has 0 aliphatic rings. The zero-order valence-corrected chi connectivity index (χ0v) is 15.7. The number of nitrogens with one attached hydrogen (secondary N) is 1. The van der Waals surface area contributed by atoms with Gasteiger partial charge in [0, 0.05) is 41.8 Å². The zero-order valence-electron chi connectivity index (χ0n) is 14.9. The Balaban J connectivity index is 2.01. The number of anilines is 1. The minimum atomic E-state index is -3.91. The van der Waals surface area contributed by atoms with E-state index in [0.717, 1.165) is 0 Å². The number of nitrogen functional groups attached to an aromatic ring is 1. The summed E-state index contributed by atoms with van der Waals surface area (Å²) in [6, 6.07) is 7.35. The third-order valence-corrected chi connectivity index (χ3v) is 5.32. The number of halogens is 1. The van der Waals surface area contributed by atoms with Crippen LogP contribution in [0.1, 0.15) is 6.92 Å². The predicted molar refractivity (Wildman–Crippen MR) is 102 cm³/mol. The van der Waals surface area contributed by atoms with Crippen molar-refractivity contribution >= 4 is 16.0 Å². The largest absolute Gasteiger partial charge is 0.392 e. The third-order valence-electron chi connectivity index (χ3n) is 3.84. The fraction of sp³-hybridized carbons (Fsp3) is 0.167. The van der Waals surface area contributed by atoms with Crippen molar-refractivity contribution in [2.45, 2.75) is 17.9 Å². The number of sulfonamides is 1. The molecular formula is C18H18FN5O3S. The van der Waals surface area contributed by atoms with Gasteiger partial charge in [-0.25, -0.2) is 27.5 Å². The summed E-state index contributed by atoms with van der Waals surface area (Å²) in [7, 11) is -3.91. The van der Waals surface area contributed by atoms with Gasteiger partial charge in [-0.1, -0.05) is 18.2 Å². The molecule has 0 radical (unpaired) electrons. The van der Waals surface area contributed by atoms with Crippen molar-refractivity contribution < 1.29 is 17.9 Å². The van der Waals surface area contributed by atoms with Crippen molar-refractivity contribution in [1.82, 2.24) is 19.7 Å². The molecule has 146 valence electrons. The van der Waals surface area contributed by atoms with E-state index >= 15 is 0 Å². The second-order valence-corrected chi connectivity index (χ2v) is 7.82. The Morgan fingerprint density at radius 3 is 2.43 bits per heavy atom. The van der Waals surface area contributed by atoms with Crippen LogP contribution in [0, 0.1) is 5.82 Å². The van der Waals surface area contributed by atoms with Gasteiger partial charge in [0.2, 0.25) is 16.0 Å². The van der Waals surface area contributed by atoms with Gasteiger partial charge in [0.15, 0.2) is 0 Å². The maximum Gasteiger partial charge on any atom is 0.241 e. The summed E-state index contributed by atoms with van der Waals surface area (Å²) < 4.78 is 42.1. The van der Waals surface area contributed by atoms with Crippen LogP contribution in [0.3, 0.4) is 0 Å². The number of hydrogen-bond donors (Lipinski definition) is 3. The molecule has 28 heavy (non-hydrogen) atoms. The van der Waals surface area contributed by atoms with E-state index < -0.39 is 21.9 Å². The fourth-order valence-electron chi connectivity index (χ4n) is 2.51. The quantitative estimate of drug-likeness (QED) is 0.569. The Labute approximate surface area is 161 Å². The predicted octanol–water partition coefficient (Wildman–Crippen LogP) is 1.59. The Kier molecular flexibility index (Phi) is 5.63. The first-order valence-electron chi connectivity index (χ1n) is 8.28. The Morgan fingerprint density at radius 2 is 1.79 bits per heavy atom. The van der Waals surface area contributed by atoms with Crippen molar-refractivity contribution in [1.29, 1.82) is 0 Å². The fourth-order valence-corrected chi connectivity index (χ4v) is 3.85. The molecule has 3 aromatic rings. The van der Waals surface area contributed by atoms with E-state index in [0.29, 0.717) is 5.56 Å². The van der Waals surface area contributed by atoms with E-state index in [2.05, 4.69) is 19.7 Å². The monoisotopic (exact) mass is 403 g/mol. The Hall–Kier alpha value is -2.95. The molecule has 0 saturated heterocycles. The number of rotatable bonds is 6. The highest BCUT2D eigenvalue weighted by atomic mass is 32.2. The normalized spacial score (nSPS) is 12.7. The minimum Gasteiger partial charge on any atom is -0.392 e. The molecule has 10 heteroatoms. The van der Waals surface area contributed by atoms with E-state index in [1.165, 1.54) is 37.6 Å². The highest BCUT2D eigenvalue weighted by Gasteiger charge is 2.20. The average molecular weight is 403 g/mol. The maximum absolute atomic E-state index is 14.7. The molecule has 1 aromatic carbocycles. The van der Waals surface area contributed by atoms with Gasteiger partial charge in [-0.3, -0.25) is 4.98 Å². The molecule has 0 bridgehead atoms. The van der Waals surface area contributed by atoms with Gasteiger partial charge in [0.1, 0.15) is 11.5 Å². The molecule has 8 nitrogen and oxygen atoms in total. The molecule has 0 aliphatic heterocycles. The number of aliphatic hydroxyl groups is 1. The van der Waals surface area contributed by atoms with Crippen LogP contribution in [-0.2, 0) is 10.0 Å². The van der Waals surface area contributed by atoms with Gasteiger partial charge in [0.25, 0.3) is 0 Å². The zero-order chi connectivity index (χ0) is 20.3. The van der Waals surface area contributed by atoms with Crippen molar-refractivity contribution in [3.63, 3.8) is 0 Å². The van der Waals surface area contributed by atoms with Crippen LogP contribution >= 0.6 is 0 Å². The lowest BCUT2D eigenvalue weighted by Gasteiger charge is -2.13. The summed E-state index contributed by atoms with van der Waals surface area (Å²) in [4.78, 5) is 11.7. The first-order valence-corrected chi connectivity index (χ1v) is 9.77. The number of nitrogens with two attached hydrogens (primary N) is 1. The van der Waals surface area contributed by atoms with Crippen molar-refractivity contribution in [2.75, 3.05) is 12.3 Å². The van der Waals surface area contributed by atoms with Gasteiger partial charge in [-0.2, -0.15) is 0 Å². The topological polar surface area (TPSA) is 131 Å². The number of aliphatic hydroxyl groups excluding tert-OH is 1. The molecular weight excluding hydrogens is 385 g/mol. The number of nitrogens with zero attached hydrogens (tertiary/aromatic N) is 3. The lowest BCUT2D eigenvalue weighted by molar-refractivity contribution is 0.198. The lowest BCUT2D eigenvalue weighted by Crippen LogP contribution is -2.31. The molecule has 0 aliphatic carbocycles. The SMILES string of the molecule is CC(O)CNS(=O)(=O)c1ccccc1-c1cnc(-c2cnc(N)nc2)c(F)c1. The van der Waals surface area contributed by atoms with E-state index in [-0.39, 0.29) is 34.2 Å². The standard InChI is InChI=1S/C18H18FN5O3S/c1-11(25)7-24-28(26,27)16-5-3-2-4-14(16)12-6-15(19)17(21-8-12)13-9-22-18(20)23-10-13/h2-6,8-11,24-25H,7H2,1H3,(H2,20,22,23). The van der Waals surface area contributed by atoms with Crippen LogP contribution in [-0.4, -0.2) is 41.1 Å². The van der Waals surface area contributed by atoms with Crippen LogP contribution in [0.4, 0.5) is 10.3 Å². The van der Waals surface area contributed by atoms with Gasteiger partial charge >= 0.3 is 0 Å². The smallest absolute Gasteiger partial charge is 0.241 e. The Bertz CT molecular complexity index is 1090. The second kappa shape index (κ2) is 7.97. The molecule has 3 rings (SSSR count). The van der Waals surface area contributed by atoms with Gasteiger partial charge in [-0.15, -0.1) is 0 Å². The van der Waals surface area contributed by atoms with Crippen molar-refractivity contribution in [3.8, 4) is 22.4 Å². The maximum atomic E-state index is 14.7. The third kappa shape index (κ3) is 4.30. The average Bonchev–Trinajstić information content (AvgIpc) is 2.67. The molecule has 2 heterocycles. The lowest BCUT2D eigenvalue weighted by atomic mass is 10.1. The first kappa shape index (κ1) is 19.8. The summed E-state index contributed by atoms with van der Waals surface area (Å²) in [6.45, 7) is 1.33. The van der Waals surface area contributed by atoms with Gasteiger partial charge in [0.05, 0.1) is 11.0 Å². The van der Waals surface area contributed by atoms with Crippen LogP contribution in [0.2, 0.25) is 0 Å². The summed E-state index contributed by atoms with van der Waals surface area (Å²) in [5.41, 5.74) is 6.37. The molecule has 0 amide bonds. The van der Waals surface area contributed by atoms with Crippen LogP contribution < -0.4 is 10.5 Å². The summed E-state index contributed by atoms with van der Waals surface area (Å²) in [6.07, 6.45) is 3.23. The van der Waals surface area contributed by atoms with Crippen LogP contribution in [0.15, 0.2) is 53.8 Å². The molecule has 1 unspecified atom stereocenters. The van der Waals surface area contributed by atoms with Gasteiger partial charge < -0.3 is 10.8 Å². The van der Waals surface area contributed by atoms with E-state index in [9.17, 15) is 17.9 Å². The molecule has 0 saturated carbocycles. The van der Waals surface area contributed by atoms with E-state index in [1.807, 2.05) is 0 Å². The van der Waals surface area contributed by atoms with E-state index in [1.54, 1.807) is 18.2 Å².